The summed E-state index contributed by atoms with van der Waals surface area (Å²) >= 11 is 0. The Morgan fingerprint density at radius 1 is 1.25 bits per heavy atom. The van der Waals surface area contributed by atoms with Crippen LogP contribution in [0.2, 0.25) is 0 Å². The van der Waals surface area contributed by atoms with Crippen molar-refractivity contribution in [1.82, 2.24) is 4.90 Å². The minimum Gasteiger partial charge on any atom is -0.330 e. The highest BCUT2D eigenvalue weighted by atomic mass is 19.4. The van der Waals surface area contributed by atoms with E-state index >= 15 is 0 Å². The van der Waals surface area contributed by atoms with Crippen molar-refractivity contribution in [2.24, 2.45) is 11.7 Å². The van der Waals surface area contributed by atoms with Gasteiger partial charge in [-0.1, -0.05) is 0 Å². The maximum absolute atomic E-state index is 12.1. The first kappa shape index (κ1) is 9.80. The number of halogens is 3. The normalized spacial score (nSPS) is 23.0. The molecule has 0 amide bonds. The third kappa shape index (κ3) is 2.35. The highest BCUT2D eigenvalue weighted by Crippen LogP contribution is 2.26. The lowest BCUT2D eigenvalue weighted by molar-refractivity contribution is -0.251. The van der Waals surface area contributed by atoms with Crippen LogP contribution in [0.5, 0.6) is 0 Å². The van der Waals surface area contributed by atoms with Crippen LogP contribution in [0.4, 0.5) is 13.2 Å². The number of nitrogens with two attached hydrogens (primary N) is 1. The highest BCUT2D eigenvalue weighted by Gasteiger charge is 2.38. The van der Waals surface area contributed by atoms with Crippen molar-refractivity contribution >= 4 is 0 Å². The van der Waals surface area contributed by atoms with Gasteiger partial charge in [-0.2, -0.15) is 13.2 Å². The van der Waals surface area contributed by atoms with Crippen molar-refractivity contribution < 1.29 is 13.2 Å². The minimum absolute atomic E-state index is 0.103. The van der Waals surface area contributed by atoms with Crippen molar-refractivity contribution in [2.75, 3.05) is 19.6 Å². The van der Waals surface area contributed by atoms with Crippen LogP contribution in [-0.4, -0.2) is 30.8 Å². The minimum atomic E-state index is -4.15. The number of hydrogen-bond donors (Lipinski definition) is 1. The van der Waals surface area contributed by atoms with Crippen LogP contribution in [0, 0.1) is 5.92 Å². The zero-order valence-corrected chi connectivity index (χ0v) is 6.77. The molecule has 1 fully saturated rings. The lowest BCUT2D eigenvalue weighted by Gasteiger charge is -2.32. The first-order chi connectivity index (χ1) is 5.54. The fourth-order valence-corrected chi connectivity index (χ4v) is 1.42. The predicted molar refractivity (Wildman–Crippen MR) is 39.4 cm³/mol. The summed E-state index contributed by atoms with van der Waals surface area (Å²) in [4.78, 5) is 0.555. The Kier molecular flexibility index (Phi) is 2.95. The van der Waals surface area contributed by atoms with E-state index in [4.69, 9.17) is 5.73 Å². The van der Waals surface area contributed by atoms with Gasteiger partial charge < -0.3 is 5.73 Å². The average molecular weight is 182 g/mol. The van der Waals surface area contributed by atoms with Crippen LogP contribution in [0.3, 0.4) is 0 Å². The van der Waals surface area contributed by atoms with Gasteiger partial charge >= 0.3 is 6.30 Å². The fraction of sp³-hybridized carbons (Fsp3) is 1.00. The standard InChI is InChI=1S/C7H13F3N2/c8-7(9,10)12-3-1-6(5-11)2-4-12/h6H,1-5,11H2. The number of rotatable bonds is 1. The number of piperidine rings is 1. The largest absolute Gasteiger partial charge is 0.459 e. The molecular weight excluding hydrogens is 169 g/mol. The van der Waals surface area contributed by atoms with E-state index in [1.165, 1.54) is 0 Å². The van der Waals surface area contributed by atoms with Crippen LogP contribution in [0.15, 0.2) is 0 Å². The Balaban J connectivity index is 2.36. The lowest BCUT2D eigenvalue weighted by atomic mass is 9.97. The molecule has 1 rings (SSSR count). The number of alkyl halides is 3. The average Bonchev–Trinajstić information content (AvgIpc) is 2.03. The first-order valence-electron chi connectivity index (χ1n) is 4.06. The molecule has 0 aromatic carbocycles. The molecule has 0 atom stereocenters. The van der Waals surface area contributed by atoms with E-state index in [1.807, 2.05) is 0 Å². The molecule has 0 bridgehead atoms. The molecular formula is C7H13F3N2. The maximum Gasteiger partial charge on any atom is 0.459 e. The van der Waals surface area contributed by atoms with Gasteiger partial charge in [-0.15, -0.1) is 0 Å². The van der Waals surface area contributed by atoms with Crippen LogP contribution in [0.1, 0.15) is 12.8 Å². The molecule has 1 aliphatic rings. The monoisotopic (exact) mass is 182 g/mol. The number of likely N-dealkylation sites (tertiary alicyclic amines) is 1. The fourth-order valence-electron chi connectivity index (χ4n) is 1.42. The number of nitrogens with zero attached hydrogens (tertiary/aromatic N) is 1. The zero-order chi connectivity index (χ0) is 9.19. The molecule has 0 aromatic rings. The summed E-state index contributed by atoms with van der Waals surface area (Å²) in [5.41, 5.74) is 5.36. The van der Waals surface area contributed by atoms with Crippen LogP contribution in [0.25, 0.3) is 0 Å². The lowest BCUT2D eigenvalue weighted by Crippen LogP contribution is -2.44. The SMILES string of the molecule is NCC1CCN(C(F)(F)F)CC1. The van der Waals surface area contributed by atoms with Crippen molar-refractivity contribution in [3.63, 3.8) is 0 Å². The summed E-state index contributed by atoms with van der Waals surface area (Å²) in [5.74, 6) is 0.281. The highest BCUT2D eigenvalue weighted by molar-refractivity contribution is 4.73. The summed E-state index contributed by atoms with van der Waals surface area (Å²) in [6.45, 7) is 0.711. The second-order valence-corrected chi connectivity index (χ2v) is 3.13. The van der Waals surface area contributed by atoms with Gasteiger partial charge in [-0.3, -0.25) is 0 Å². The van der Waals surface area contributed by atoms with Crippen molar-refractivity contribution in [3.05, 3.63) is 0 Å². The topological polar surface area (TPSA) is 29.3 Å². The molecule has 1 heterocycles. The summed E-state index contributed by atoms with van der Waals surface area (Å²) in [6.07, 6.45) is -3.02. The molecule has 0 saturated carbocycles. The van der Waals surface area contributed by atoms with E-state index in [2.05, 4.69) is 0 Å². The molecule has 0 unspecified atom stereocenters. The smallest absolute Gasteiger partial charge is 0.330 e. The summed E-state index contributed by atoms with van der Waals surface area (Å²) in [7, 11) is 0. The second kappa shape index (κ2) is 3.62. The van der Waals surface area contributed by atoms with E-state index in [1.54, 1.807) is 0 Å². The molecule has 2 nitrogen and oxygen atoms in total. The Morgan fingerprint density at radius 2 is 1.75 bits per heavy atom. The van der Waals surface area contributed by atoms with E-state index in [9.17, 15) is 13.2 Å². The van der Waals surface area contributed by atoms with Gasteiger partial charge in [0.25, 0.3) is 0 Å². The second-order valence-electron chi connectivity index (χ2n) is 3.13. The van der Waals surface area contributed by atoms with Gasteiger partial charge in [-0.25, -0.2) is 4.90 Å². The Bertz CT molecular complexity index is 138. The molecule has 0 radical (unpaired) electrons. The van der Waals surface area contributed by atoms with E-state index in [0.29, 0.717) is 24.3 Å². The molecule has 0 aromatic heterocycles. The maximum atomic E-state index is 12.1. The van der Waals surface area contributed by atoms with Gasteiger partial charge in [0.1, 0.15) is 0 Å². The van der Waals surface area contributed by atoms with Gasteiger partial charge in [0.2, 0.25) is 0 Å². The van der Waals surface area contributed by atoms with E-state index in [-0.39, 0.29) is 19.0 Å². The van der Waals surface area contributed by atoms with Crippen LogP contribution >= 0.6 is 0 Å². The van der Waals surface area contributed by atoms with Crippen molar-refractivity contribution in [3.8, 4) is 0 Å². The molecule has 0 aliphatic carbocycles. The van der Waals surface area contributed by atoms with Crippen molar-refractivity contribution in [2.45, 2.75) is 19.1 Å². The third-order valence-corrected chi connectivity index (χ3v) is 2.31. The van der Waals surface area contributed by atoms with Crippen molar-refractivity contribution in [1.29, 1.82) is 0 Å². The summed E-state index contributed by atoms with van der Waals surface area (Å²) in [5, 5.41) is 0. The predicted octanol–water partition coefficient (Wildman–Crippen LogP) is 1.18. The van der Waals surface area contributed by atoms with E-state index < -0.39 is 6.30 Å². The zero-order valence-electron chi connectivity index (χ0n) is 6.77. The molecule has 72 valence electrons. The Hall–Kier alpha value is -0.290. The molecule has 5 heteroatoms. The summed E-state index contributed by atoms with van der Waals surface area (Å²) in [6, 6.07) is 0. The molecule has 1 aliphatic heterocycles. The Labute approximate surface area is 69.5 Å². The first-order valence-corrected chi connectivity index (χ1v) is 4.06. The number of hydrogen-bond acceptors (Lipinski definition) is 2. The summed E-state index contributed by atoms with van der Waals surface area (Å²) < 4.78 is 36.2. The quantitative estimate of drug-likeness (QED) is 0.617. The van der Waals surface area contributed by atoms with Crippen LogP contribution in [-0.2, 0) is 0 Å². The van der Waals surface area contributed by atoms with Gasteiger partial charge in [0, 0.05) is 13.1 Å². The van der Waals surface area contributed by atoms with E-state index in [0.717, 1.165) is 0 Å². The molecule has 1 saturated heterocycles. The third-order valence-electron chi connectivity index (χ3n) is 2.31. The molecule has 2 N–H and O–H groups in total. The molecule has 0 spiro atoms. The van der Waals surface area contributed by atoms with Crippen LogP contribution < -0.4 is 5.73 Å². The van der Waals surface area contributed by atoms with Gasteiger partial charge in [0.15, 0.2) is 0 Å². The van der Waals surface area contributed by atoms with Gasteiger partial charge in [0.05, 0.1) is 0 Å². The Morgan fingerprint density at radius 3 is 2.08 bits per heavy atom. The van der Waals surface area contributed by atoms with Gasteiger partial charge in [-0.05, 0) is 25.3 Å². The molecule has 12 heavy (non-hydrogen) atoms.